The quantitative estimate of drug-likeness (QED) is 0.619. The molecule has 8 aliphatic rings. The smallest absolute Gasteiger partial charge is 0.0342 e. The molecule has 1 aromatic rings. The number of anilines is 1. The summed E-state index contributed by atoms with van der Waals surface area (Å²) in [5.41, 5.74) is 2.87. The van der Waals surface area contributed by atoms with Crippen molar-refractivity contribution < 1.29 is 0 Å². The van der Waals surface area contributed by atoms with Gasteiger partial charge in [0.25, 0.3) is 0 Å². The Balaban J connectivity index is 0.930. The van der Waals surface area contributed by atoms with Gasteiger partial charge in [0.05, 0.1) is 0 Å². The SMILES string of the molecule is c1cc(NC2C3CC4CC(C3)CC2C4)ccc1CCNC1C2CC3CC(C2)CC1C3. The molecule has 2 heteroatoms. The van der Waals surface area contributed by atoms with E-state index < -0.39 is 0 Å². The van der Waals surface area contributed by atoms with Crippen molar-refractivity contribution in [2.24, 2.45) is 47.3 Å². The second-order valence-corrected chi connectivity index (χ2v) is 12.5. The molecule has 2 nitrogen and oxygen atoms in total. The van der Waals surface area contributed by atoms with Crippen LogP contribution in [-0.2, 0) is 6.42 Å². The first kappa shape index (κ1) is 18.5. The lowest BCUT2D eigenvalue weighted by Gasteiger charge is -2.54. The number of rotatable bonds is 6. The summed E-state index contributed by atoms with van der Waals surface area (Å²) in [6, 6.07) is 11.1. The second kappa shape index (κ2) is 7.26. The van der Waals surface area contributed by atoms with Gasteiger partial charge in [-0.2, -0.15) is 0 Å². The van der Waals surface area contributed by atoms with Crippen LogP contribution in [-0.4, -0.2) is 18.6 Å². The summed E-state index contributed by atoms with van der Waals surface area (Å²) in [5.74, 6) is 8.18. The molecule has 1 aromatic carbocycles. The molecule has 8 aliphatic carbocycles. The Labute approximate surface area is 183 Å². The molecular weight excluding hydrogens is 364 g/mol. The molecule has 0 unspecified atom stereocenters. The van der Waals surface area contributed by atoms with Gasteiger partial charge in [-0.25, -0.2) is 0 Å². The average Bonchev–Trinajstić information content (AvgIpc) is 2.73. The predicted octanol–water partition coefficient (Wildman–Crippen LogP) is 5.88. The van der Waals surface area contributed by atoms with Gasteiger partial charge >= 0.3 is 0 Å². The highest BCUT2D eigenvalue weighted by Gasteiger charge is 2.49. The van der Waals surface area contributed by atoms with Crippen LogP contribution in [0.15, 0.2) is 24.3 Å². The molecule has 9 rings (SSSR count). The highest BCUT2D eigenvalue weighted by Crippen LogP contribution is 2.55. The molecule has 0 spiro atoms. The topological polar surface area (TPSA) is 24.1 Å². The Hall–Kier alpha value is -1.02. The van der Waals surface area contributed by atoms with Crippen LogP contribution in [0.5, 0.6) is 0 Å². The normalized spacial score (nSPS) is 47.7. The molecule has 8 fully saturated rings. The van der Waals surface area contributed by atoms with Crippen LogP contribution in [0.3, 0.4) is 0 Å². The summed E-state index contributed by atoms with van der Waals surface area (Å²) in [5, 5.41) is 7.99. The Morgan fingerprint density at radius 2 is 1.03 bits per heavy atom. The molecule has 0 aromatic heterocycles. The summed E-state index contributed by atoms with van der Waals surface area (Å²) < 4.78 is 0. The third kappa shape index (κ3) is 3.24. The van der Waals surface area contributed by atoms with Gasteiger partial charge in [0.15, 0.2) is 0 Å². The van der Waals surface area contributed by atoms with Crippen LogP contribution in [0.25, 0.3) is 0 Å². The Kier molecular flexibility index (Phi) is 4.48. The molecule has 30 heavy (non-hydrogen) atoms. The molecule has 8 bridgehead atoms. The van der Waals surface area contributed by atoms with Crippen molar-refractivity contribution in [2.75, 3.05) is 11.9 Å². The molecular formula is C28H40N2. The number of benzene rings is 1. The average molecular weight is 405 g/mol. The van der Waals surface area contributed by atoms with Gasteiger partial charge < -0.3 is 10.6 Å². The first-order valence-corrected chi connectivity index (χ1v) is 13.4. The predicted molar refractivity (Wildman–Crippen MR) is 123 cm³/mol. The highest BCUT2D eigenvalue weighted by molar-refractivity contribution is 5.46. The van der Waals surface area contributed by atoms with Crippen molar-refractivity contribution in [1.29, 1.82) is 0 Å². The van der Waals surface area contributed by atoms with Crippen molar-refractivity contribution in [1.82, 2.24) is 5.32 Å². The van der Waals surface area contributed by atoms with Crippen molar-refractivity contribution in [3.63, 3.8) is 0 Å². The van der Waals surface area contributed by atoms with Crippen LogP contribution in [0, 0.1) is 47.3 Å². The Morgan fingerprint density at radius 3 is 1.53 bits per heavy atom. The zero-order valence-electron chi connectivity index (χ0n) is 18.6. The van der Waals surface area contributed by atoms with E-state index in [1.165, 1.54) is 69.0 Å². The maximum absolute atomic E-state index is 4.01. The van der Waals surface area contributed by atoms with Crippen molar-refractivity contribution >= 4 is 5.69 Å². The maximum atomic E-state index is 4.01. The fourth-order valence-electron chi connectivity index (χ4n) is 9.76. The monoisotopic (exact) mass is 404 g/mol. The highest BCUT2D eigenvalue weighted by atomic mass is 15.0. The van der Waals surface area contributed by atoms with E-state index in [0.29, 0.717) is 0 Å². The largest absolute Gasteiger partial charge is 0.382 e. The molecule has 0 aliphatic heterocycles. The summed E-state index contributed by atoms with van der Waals surface area (Å²) in [4.78, 5) is 0. The minimum atomic E-state index is 0.752. The van der Waals surface area contributed by atoms with E-state index in [-0.39, 0.29) is 0 Å². The third-order valence-electron chi connectivity index (χ3n) is 10.5. The molecule has 0 heterocycles. The Bertz CT molecular complexity index is 711. The van der Waals surface area contributed by atoms with Crippen LogP contribution in [0.4, 0.5) is 5.69 Å². The van der Waals surface area contributed by atoms with E-state index in [1.807, 2.05) is 0 Å². The van der Waals surface area contributed by atoms with Gasteiger partial charge in [-0.15, -0.1) is 0 Å². The summed E-state index contributed by atoms with van der Waals surface area (Å²) >= 11 is 0. The number of hydrogen-bond donors (Lipinski definition) is 2. The second-order valence-electron chi connectivity index (χ2n) is 12.5. The van der Waals surface area contributed by atoms with Gasteiger partial charge in [0.2, 0.25) is 0 Å². The maximum Gasteiger partial charge on any atom is 0.0342 e. The standard InChI is InChI=1S/C28H40N2/c1-3-26(30-28-24-13-20-8-21(15-24)16-25(28)14-20)4-2-17(1)5-6-29-27-22-9-18-7-19(11-22)12-23(27)10-18/h1-4,18-25,27-30H,5-16H2. The minimum absolute atomic E-state index is 0.752. The summed E-state index contributed by atoms with van der Waals surface area (Å²) in [6.07, 6.45) is 16.4. The van der Waals surface area contributed by atoms with E-state index in [1.54, 1.807) is 12.8 Å². The van der Waals surface area contributed by atoms with Crippen molar-refractivity contribution in [3.8, 4) is 0 Å². The first-order valence-electron chi connectivity index (χ1n) is 13.4. The lowest BCUT2D eigenvalue weighted by Crippen LogP contribution is -2.54. The van der Waals surface area contributed by atoms with Crippen LogP contribution < -0.4 is 10.6 Å². The van der Waals surface area contributed by atoms with E-state index in [0.717, 1.165) is 66.0 Å². The van der Waals surface area contributed by atoms with Gasteiger partial charge in [-0.3, -0.25) is 0 Å². The van der Waals surface area contributed by atoms with E-state index in [2.05, 4.69) is 34.9 Å². The first-order chi connectivity index (χ1) is 14.8. The molecule has 2 N–H and O–H groups in total. The van der Waals surface area contributed by atoms with Gasteiger partial charge in [0, 0.05) is 17.8 Å². The third-order valence-corrected chi connectivity index (χ3v) is 10.5. The van der Waals surface area contributed by atoms with Gasteiger partial charge in [0.1, 0.15) is 0 Å². The van der Waals surface area contributed by atoms with Crippen molar-refractivity contribution in [3.05, 3.63) is 29.8 Å². The Morgan fingerprint density at radius 1 is 0.567 bits per heavy atom. The number of hydrogen-bond acceptors (Lipinski definition) is 2. The van der Waals surface area contributed by atoms with Gasteiger partial charge in [-0.05, 0) is 142 Å². The van der Waals surface area contributed by atoms with E-state index in [9.17, 15) is 0 Å². The van der Waals surface area contributed by atoms with Gasteiger partial charge in [-0.1, -0.05) is 12.1 Å². The fourth-order valence-corrected chi connectivity index (χ4v) is 9.76. The molecule has 0 saturated heterocycles. The number of nitrogens with one attached hydrogen (secondary N) is 2. The lowest BCUT2D eigenvalue weighted by molar-refractivity contribution is -0.0133. The lowest BCUT2D eigenvalue weighted by atomic mass is 9.54. The van der Waals surface area contributed by atoms with Crippen LogP contribution >= 0.6 is 0 Å². The molecule has 162 valence electrons. The zero-order valence-corrected chi connectivity index (χ0v) is 18.6. The molecule has 8 saturated carbocycles. The molecule has 0 amide bonds. The molecule has 0 radical (unpaired) electrons. The fraction of sp³-hybridized carbons (Fsp3) is 0.786. The summed E-state index contributed by atoms with van der Waals surface area (Å²) in [6.45, 7) is 1.16. The van der Waals surface area contributed by atoms with Crippen molar-refractivity contribution in [2.45, 2.75) is 82.7 Å². The minimum Gasteiger partial charge on any atom is -0.382 e. The van der Waals surface area contributed by atoms with E-state index in [4.69, 9.17) is 0 Å². The van der Waals surface area contributed by atoms with Crippen LogP contribution in [0.2, 0.25) is 0 Å². The zero-order chi connectivity index (χ0) is 19.7. The van der Waals surface area contributed by atoms with E-state index >= 15 is 0 Å². The van der Waals surface area contributed by atoms with Crippen LogP contribution in [0.1, 0.15) is 69.8 Å². The summed E-state index contributed by atoms with van der Waals surface area (Å²) in [7, 11) is 0. The molecule has 0 atom stereocenters.